The average molecular weight is 248 g/mol. The third-order valence-electron chi connectivity index (χ3n) is 1.82. The number of nitrogens with zero attached hydrogens (tertiary/aromatic N) is 1. The van der Waals surface area contributed by atoms with Crippen LogP contribution >= 0.6 is 34.7 Å². The molecule has 0 N–H and O–H groups in total. The van der Waals surface area contributed by atoms with Gasteiger partial charge < -0.3 is 0 Å². The van der Waals surface area contributed by atoms with Crippen molar-refractivity contribution in [2.75, 3.05) is 6.26 Å². The van der Waals surface area contributed by atoms with E-state index in [-0.39, 0.29) is 5.82 Å². The molecule has 2 aromatic rings. The first kappa shape index (κ1) is 10.2. The van der Waals surface area contributed by atoms with E-state index in [0.29, 0.717) is 11.4 Å². The molecule has 14 heavy (non-hydrogen) atoms. The SMILES string of the molecule is CSc1nc2c(F)cc(CCl)cc2s1. The highest BCUT2D eigenvalue weighted by Gasteiger charge is 2.09. The summed E-state index contributed by atoms with van der Waals surface area (Å²) >= 11 is 8.67. The van der Waals surface area contributed by atoms with Gasteiger partial charge in [-0.05, 0) is 24.0 Å². The molecule has 2 rings (SSSR count). The first-order valence-corrected chi connectivity index (χ1v) is 6.51. The van der Waals surface area contributed by atoms with Crippen LogP contribution in [0, 0.1) is 5.82 Å². The number of fused-ring (bicyclic) bond motifs is 1. The molecule has 1 aromatic heterocycles. The van der Waals surface area contributed by atoms with E-state index >= 15 is 0 Å². The van der Waals surface area contributed by atoms with Crippen molar-refractivity contribution in [1.29, 1.82) is 0 Å². The number of hydrogen-bond donors (Lipinski definition) is 0. The first-order chi connectivity index (χ1) is 6.74. The molecule has 0 amide bonds. The average Bonchev–Trinajstić information content (AvgIpc) is 2.61. The lowest BCUT2D eigenvalue weighted by atomic mass is 10.2. The fourth-order valence-corrected chi connectivity index (χ4v) is 2.90. The smallest absolute Gasteiger partial charge is 0.150 e. The van der Waals surface area contributed by atoms with E-state index in [0.717, 1.165) is 14.6 Å². The summed E-state index contributed by atoms with van der Waals surface area (Å²) in [5.74, 6) is 0.0500. The van der Waals surface area contributed by atoms with Crippen LogP contribution in [0.25, 0.3) is 10.2 Å². The monoisotopic (exact) mass is 247 g/mol. The molecule has 0 spiro atoms. The maximum atomic E-state index is 13.5. The maximum absolute atomic E-state index is 13.5. The Hall–Kier alpha value is -0.320. The summed E-state index contributed by atoms with van der Waals surface area (Å²) in [7, 11) is 0. The second kappa shape index (κ2) is 4.04. The Morgan fingerprint density at radius 1 is 1.57 bits per heavy atom. The van der Waals surface area contributed by atoms with Gasteiger partial charge in [-0.25, -0.2) is 9.37 Å². The van der Waals surface area contributed by atoms with Crippen molar-refractivity contribution in [1.82, 2.24) is 4.98 Å². The van der Waals surface area contributed by atoms with Gasteiger partial charge in [0.2, 0.25) is 0 Å². The van der Waals surface area contributed by atoms with Gasteiger partial charge in [-0.2, -0.15) is 0 Å². The number of aromatic nitrogens is 1. The Labute approximate surface area is 94.3 Å². The van der Waals surface area contributed by atoms with Gasteiger partial charge in [0, 0.05) is 5.88 Å². The highest BCUT2D eigenvalue weighted by molar-refractivity contribution is 8.00. The number of thiazole rings is 1. The number of halogens is 2. The molecular weight excluding hydrogens is 241 g/mol. The zero-order chi connectivity index (χ0) is 10.1. The van der Waals surface area contributed by atoms with E-state index < -0.39 is 0 Å². The maximum Gasteiger partial charge on any atom is 0.150 e. The van der Waals surface area contributed by atoms with Crippen molar-refractivity contribution in [3.8, 4) is 0 Å². The van der Waals surface area contributed by atoms with E-state index in [1.54, 1.807) is 0 Å². The zero-order valence-electron chi connectivity index (χ0n) is 7.38. The van der Waals surface area contributed by atoms with E-state index in [9.17, 15) is 4.39 Å². The summed E-state index contributed by atoms with van der Waals surface area (Å²) in [6.45, 7) is 0. The minimum absolute atomic E-state index is 0.283. The fourth-order valence-electron chi connectivity index (χ4n) is 1.19. The van der Waals surface area contributed by atoms with Gasteiger partial charge in [0.1, 0.15) is 5.52 Å². The largest absolute Gasteiger partial charge is 0.227 e. The van der Waals surface area contributed by atoms with Gasteiger partial charge in [-0.15, -0.1) is 22.9 Å². The van der Waals surface area contributed by atoms with E-state index in [4.69, 9.17) is 11.6 Å². The molecule has 74 valence electrons. The highest BCUT2D eigenvalue weighted by Crippen LogP contribution is 2.30. The van der Waals surface area contributed by atoms with Crippen molar-refractivity contribution in [2.24, 2.45) is 0 Å². The predicted molar refractivity (Wildman–Crippen MR) is 60.9 cm³/mol. The van der Waals surface area contributed by atoms with Gasteiger partial charge in [0.25, 0.3) is 0 Å². The minimum atomic E-state index is -0.283. The molecule has 1 aromatic carbocycles. The fraction of sp³-hybridized carbons (Fsp3) is 0.222. The van der Waals surface area contributed by atoms with Crippen LogP contribution in [0.2, 0.25) is 0 Å². The lowest BCUT2D eigenvalue weighted by molar-refractivity contribution is 0.635. The number of hydrogen-bond acceptors (Lipinski definition) is 3. The van der Waals surface area contributed by atoms with Crippen molar-refractivity contribution in [3.05, 3.63) is 23.5 Å². The van der Waals surface area contributed by atoms with Crippen LogP contribution in [0.3, 0.4) is 0 Å². The van der Waals surface area contributed by atoms with E-state index in [1.165, 1.54) is 29.2 Å². The van der Waals surface area contributed by atoms with Gasteiger partial charge in [0.05, 0.1) is 4.70 Å². The third-order valence-corrected chi connectivity index (χ3v) is 4.11. The Bertz CT molecular complexity index is 469. The molecule has 1 heterocycles. The second-order valence-electron chi connectivity index (χ2n) is 2.74. The van der Waals surface area contributed by atoms with Crippen molar-refractivity contribution < 1.29 is 4.39 Å². The van der Waals surface area contributed by atoms with Crippen molar-refractivity contribution in [2.45, 2.75) is 10.2 Å². The van der Waals surface area contributed by atoms with Crippen LogP contribution in [0.4, 0.5) is 4.39 Å². The molecule has 0 saturated carbocycles. The molecule has 0 radical (unpaired) electrons. The van der Waals surface area contributed by atoms with Gasteiger partial charge >= 0.3 is 0 Å². The summed E-state index contributed by atoms with van der Waals surface area (Å²) in [5.41, 5.74) is 1.25. The molecule has 5 heteroatoms. The molecule has 0 saturated heterocycles. The lowest BCUT2D eigenvalue weighted by Gasteiger charge is -1.95. The van der Waals surface area contributed by atoms with Gasteiger partial charge in [0.15, 0.2) is 10.2 Å². The van der Waals surface area contributed by atoms with E-state index in [2.05, 4.69) is 4.98 Å². The topological polar surface area (TPSA) is 12.9 Å². The lowest BCUT2D eigenvalue weighted by Crippen LogP contribution is -1.82. The molecule has 0 aliphatic carbocycles. The van der Waals surface area contributed by atoms with Crippen LogP contribution in [0.1, 0.15) is 5.56 Å². The number of benzene rings is 1. The molecule has 0 atom stereocenters. The van der Waals surface area contributed by atoms with Gasteiger partial charge in [-0.1, -0.05) is 11.8 Å². The standard InChI is InChI=1S/C9H7ClFNS2/c1-13-9-12-8-6(11)2-5(4-10)3-7(8)14-9/h2-3H,4H2,1H3. The van der Waals surface area contributed by atoms with Crippen LogP contribution in [-0.4, -0.2) is 11.2 Å². The summed E-state index contributed by atoms with van der Waals surface area (Å²) < 4.78 is 15.2. The Balaban J connectivity index is 2.67. The zero-order valence-corrected chi connectivity index (χ0v) is 9.77. The molecule has 0 fully saturated rings. The molecule has 0 aliphatic rings. The predicted octanol–water partition coefficient (Wildman–Crippen LogP) is 3.90. The van der Waals surface area contributed by atoms with Gasteiger partial charge in [-0.3, -0.25) is 0 Å². The third kappa shape index (κ3) is 1.74. The summed E-state index contributed by atoms with van der Waals surface area (Å²) in [6, 6.07) is 3.34. The van der Waals surface area contributed by atoms with Crippen LogP contribution in [0.5, 0.6) is 0 Å². The Kier molecular flexibility index (Phi) is 2.95. The van der Waals surface area contributed by atoms with Crippen LogP contribution < -0.4 is 0 Å². The normalized spacial score (nSPS) is 11.1. The van der Waals surface area contributed by atoms with Crippen LogP contribution in [-0.2, 0) is 5.88 Å². The summed E-state index contributed by atoms with van der Waals surface area (Å²) in [5, 5.41) is 0. The summed E-state index contributed by atoms with van der Waals surface area (Å²) in [6.07, 6.45) is 1.93. The van der Waals surface area contributed by atoms with Crippen LogP contribution in [0.15, 0.2) is 16.5 Å². The number of rotatable bonds is 2. The molecule has 1 nitrogen and oxygen atoms in total. The van der Waals surface area contributed by atoms with E-state index in [1.807, 2.05) is 12.3 Å². The second-order valence-corrected chi connectivity index (χ2v) is 5.09. The summed E-state index contributed by atoms with van der Waals surface area (Å²) in [4.78, 5) is 4.17. The molecule has 0 unspecified atom stereocenters. The molecule has 0 aliphatic heterocycles. The van der Waals surface area contributed by atoms with Crippen molar-refractivity contribution >= 4 is 44.9 Å². The minimum Gasteiger partial charge on any atom is -0.227 e. The molecule has 0 bridgehead atoms. The number of alkyl halides is 1. The highest BCUT2D eigenvalue weighted by atomic mass is 35.5. The molecular formula is C9H7ClFNS2. The number of thioether (sulfide) groups is 1. The Morgan fingerprint density at radius 3 is 3.00 bits per heavy atom. The first-order valence-electron chi connectivity index (χ1n) is 3.93. The van der Waals surface area contributed by atoms with Crippen molar-refractivity contribution in [3.63, 3.8) is 0 Å². The Morgan fingerprint density at radius 2 is 2.36 bits per heavy atom. The quantitative estimate of drug-likeness (QED) is 0.590.